The van der Waals surface area contributed by atoms with Crippen molar-refractivity contribution in [3.8, 4) is 0 Å². The molecule has 0 unspecified atom stereocenters. The highest BCUT2D eigenvalue weighted by Gasteiger charge is 2.41. The van der Waals surface area contributed by atoms with Crippen LogP contribution in [0.5, 0.6) is 0 Å². The molecular weight excluding hydrogens is 393 g/mol. The summed E-state index contributed by atoms with van der Waals surface area (Å²) in [5.74, 6) is -3.92. The lowest BCUT2D eigenvalue weighted by atomic mass is 10.0. The lowest BCUT2D eigenvalue weighted by Gasteiger charge is -2.16. The summed E-state index contributed by atoms with van der Waals surface area (Å²) in [7, 11) is 0. The molecule has 30 heavy (non-hydrogen) atoms. The number of halogens is 3. The van der Waals surface area contributed by atoms with Crippen LogP contribution in [0.4, 0.5) is 24.5 Å². The number of nitrogens with zero attached hydrogens (tertiary/aromatic N) is 1. The summed E-state index contributed by atoms with van der Waals surface area (Å²) in [6, 6.07) is 14.6. The Balaban J connectivity index is 1.87. The van der Waals surface area contributed by atoms with Gasteiger partial charge in [-0.15, -0.1) is 0 Å². The first-order valence-electron chi connectivity index (χ1n) is 9.03. The van der Waals surface area contributed by atoms with Crippen LogP contribution in [-0.4, -0.2) is 11.8 Å². The Labute approximate surface area is 170 Å². The third-order valence-corrected chi connectivity index (χ3v) is 4.77. The molecule has 0 saturated carbocycles. The lowest BCUT2D eigenvalue weighted by Crippen LogP contribution is -2.33. The fourth-order valence-corrected chi connectivity index (χ4v) is 3.25. The van der Waals surface area contributed by atoms with Crippen LogP contribution < -0.4 is 10.2 Å². The highest BCUT2D eigenvalue weighted by atomic mass is 19.1. The van der Waals surface area contributed by atoms with E-state index in [1.165, 1.54) is 12.1 Å². The molecule has 4 rings (SSSR count). The van der Waals surface area contributed by atoms with E-state index in [4.69, 9.17) is 0 Å². The summed E-state index contributed by atoms with van der Waals surface area (Å²) in [5.41, 5.74) is 0.974. The molecule has 1 heterocycles. The molecule has 2 amide bonds. The Morgan fingerprint density at radius 1 is 0.800 bits per heavy atom. The molecule has 1 aliphatic rings. The first-order valence-corrected chi connectivity index (χ1v) is 9.03. The number of hydrogen-bond acceptors (Lipinski definition) is 3. The summed E-state index contributed by atoms with van der Waals surface area (Å²) >= 11 is 0. The van der Waals surface area contributed by atoms with Gasteiger partial charge in [0, 0.05) is 11.8 Å². The van der Waals surface area contributed by atoms with E-state index in [2.05, 4.69) is 5.32 Å². The molecule has 0 fully saturated rings. The minimum absolute atomic E-state index is 0.0630. The number of para-hydroxylation sites is 1. The summed E-state index contributed by atoms with van der Waals surface area (Å²) in [5, 5.41) is 2.94. The Morgan fingerprint density at radius 3 is 2.17 bits per heavy atom. The quantitative estimate of drug-likeness (QED) is 0.631. The van der Waals surface area contributed by atoms with Crippen LogP contribution in [0, 0.1) is 24.4 Å². The molecule has 4 nitrogen and oxygen atoms in total. The molecule has 0 spiro atoms. The maximum absolute atomic E-state index is 14.4. The van der Waals surface area contributed by atoms with Gasteiger partial charge in [-0.1, -0.05) is 30.3 Å². The van der Waals surface area contributed by atoms with Crippen LogP contribution in [0.25, 0.3) is 5.57 Å². The largest absolute Gasteiger partial charge is 0.350 e. The van der Waals surface area contributed by atoms with E-state index in [1.54, 1.807) is 12.1 Å². The van der Waals surface area contributed by atoms with Crippen molar-refractivity contribution in [2.75, 3.05) is 10.2 Å². The Hall–Kier alpha value is -3.87. The molecule has 3 aromatic rings. The molecule has 3 aromatic carbocycles. The molecule has 0 aliphatic carbocycles. The van der Waals surface area contributed by atoms with Gasteiger partial charge >= 0.3 is 0 Å². The summed E-state index contributed by atoms with van der Waals surface area (Å²) < 4.78 is 41.5. The van der Waals surface area contributed by atoms with Crippen LogP contribution in [-0.2, 0) is 9.59 Å². The first kappa shape index (κ1) is 19.4. The van der Waals surface area contributed by atoms with Crippen molar-refractivity contribution in [1.29, 1.82) is 0 Å². The normalized spacial score (nSPS) is 13.9. The third kappa shape index (κ3) is 3.34. The van der Waals surface area contributed by atoms with E-state index in [0.29, 0.717) is 10.6 Å². The Morgan fingerprint density at radius 2 is 1.47 bits per heavy atom. The third-order valence-electron chi connectivity index (χ3n) is 4.77. The standard InChI is InChI=1S/C23H15F3N2O2/c1-13-4-2-3-5-18(13)27-21-20(14-6-8-15(24)9-7-14)22(29)28(23(21)30)19-12-16(25)10-11-17(19)26/h2-12,27H,1H3. The van der Waals surface area contributed by atoms with Gasteiger partial charge in [-0.3, -0.25) is 9.59 Å². The number of carbonyl (C=O) groups is 2. The summed E-state index contributed by atoms with van der Waals surface area (Å²) in [6.45, 7) is 1.81. The molecule has 0 saturated heterocycles. The smallest absolute Gasteiger partial charge is 0.282 e. The second kappa shape index (κ2) is 7.51. The van der Waals surface area contributed by atoms with Gasteiger partial charge in [-0.25, -0.2) is 18.1 Å². The van der Waals surface area contributed by atoms with Crippen molar-refractivity contribution >= 4 is 28.8 Å². The predicted molar refractivity (Wildman–Crippen MR) is 107 cm³/mol. The minimum Gasteiger partial charge on any atom is -0.350 e. The average molecular weight is 408 g/mol. The lowest BCUT2D eigenvalue weighted by molar-refractivity contribution is -0.120. The van der Waals surface area contributed by atoms with E-state index in [1.807, 2.05) is 19.1 Å². The summed E-state index contributed by atoms with van der Waals surface area (Å²) in [6.07, 6.45) is 0. The molecule has 150 valence electrons. The van der Waals surface area contributed by atoms with Crippen molar-refractivity contribution in [2.45, 2.75) is 6.92 Å². The van der Waals surface area contributed by atoms with Gasteiger partial charge in [0.15, 0.2) is 0 Å². The number of anilines is 2. The molecule has 0 radical (unpaired) electrons. The maximum Gasteiger partial charge on any atom is 0.282 e. The van der Waals surface area contributed by atoms with Gasteiger partial charge in [0.1, 0.15) is 23.1 Å². The average Bonchev–Trinajstić information content (AvgIpc) is 2.96. The highest BCUT2D eigenvalue weighted by Crippen LogP contribution is 2.35. The molecule has 1 aliphatic heterocycles. The number of amides is 2. The van der Waals surface area contributed by atoms with Crippen LogP contribution in [0.2, 0.25) is 0 Å². The van der Waals surface area contributed by atoms with E-state index in [9.17, 15) is 22.8 Å². The predicted octanol–water partition coefficient (Wildman–Crippen LogP) is 4.81. The number of rotatable bonds is 4. The fraction of sp³-hybridized carbons (Fsp3) is 0.0435. The van der Waals surface area contributed by atoms with Crippen molar-refractivity contribution < 1.29 is 22.8 Å². The molecule has 0 atom stereocenters. The van der Waals surface area contributed by atoms with Gasteiger partial charge in [0.2, 0.25) is 0 Å². The van der Waals surface area contributed by atoms with Gasteiger partial charge in [-0.05, 0) is 48.4 Å². The zero-order valence-corrected chi connectivity index (χ0v) is 15.7. The number of aryl methyl sites for hydroxylation is 1. The number of nitrogens with one attached hydrogen (secondary N) is 1. The first-order chi connectivity index (χ1) is 14.4. The van der Waals surface area contributed by atoms with E-state index < -0.39 is 35.0 Å². The van der Waals surface area contributed by atoms with Crippen LogP contribution >= 0.6 is 0 Å². The van der Waals surface area contributed by atoms with E-state index >= 15 is 0 Å². The fourth-order valence-electron chi connectivity index (χ4n) is 3.25. The van der Waals surface area contributed by atoms with Crippen molar-refractivity contribution in [2.24, 2.45) is 0 Å². The molecule has 0 aromatic heterocycles. The zero-order valence-electron chi connectivity index (χ0n) is 15.7. The van der Waals surface area contributed by atoms with E-state index in [0.717, 1.165) is 35.9 Å². The summed E-state index contributed by atoms with van der Waals surface area (Å²) in [4.78, 5) is 26.9. The van der Waals surface area contributed by atoms with Crippen LogP contribution in [0.15, 0.2) is 72.4 Å². The maximum atomic E-state index is 14.4. The van der Waals surface area contributed by atoms with Crippen LogP contribution in [0.3, 0.4) is 0 Å². The SMILES string of the molecule is Cc1ccccc1NC1=C(c2ccc(F)cc2)C(=O)N(c2cc(F)ccc2F)C1=O. The Bertz CT molecular complexity index is 1200. The second-order valence-electron chi connectivity index (χ2n) is 6.74. The van der Waals surface area contributed by atoms with Crippen molar-refractivity contribution in [1.82, 2.24) is 0 Å². The molecule has 0 bridgehead atoms. The van der Waals surface area contributed by atoms with Crippen molar-refractivity contribution in [3.63, 3.8) is 0 Å². The second-order valence-corrected chi connectivity index (χ2v) is 6.74. The Kier molecular flexibility index (Phi) is 4.87. The number of carbonyl (C=O) groups excluding carboxylic acids is 2. The topological polar surface area (TPSA) is 49.4 Å². The number of hydrogen-bond donors (Lipinski definition) is 1. The number of imide groups is 1. The zero-order chi connectivity index (χ0) is 21.4. The minimum atomic E-state index is -0.923. The highest BCUT2D eigenvalue weighted by molar-refractivity contribution is 6.46. The van der Waals surface area contributed by atoms with E-state index in [-0.39, 0.29) is 16.8 Å². The van der Waals surface area contributed by atoms with Gasteiger partial charge in [-0.2, -0.15) is 0 Å². The van der Waals surface area contributed by atoms with Gasteiger partial charge < -0.3 is 5.32 Å². The van der Waals surface area contributed by atoms with Gasteiger partial charge in [0.25, 0.3) is 11.8 Å². The van der Waals surface area contributed by atoms with Gasteiger partial charge in [0.05, 0.1) is 11.3 Å². The molecule has 1 N–H and O–H groups in total. The van der Waals surface area contributed by atoms with Crippen LogP contribution in [0.1, 0.15) is 11.1 Å². The monoisotopic (exact) mass is 408 g/mol. The molecule has 7 heteroatoms. The van der Waals surface area contributed by atoms with Crippen molar-refractivity contribution in [3.05, 3.63) is 101 Å². The molecular formula is C23H15F3N2O2. The number of benzene rings is 3.